The third-order valence-electron chi connectivity index (χ3n) is 4.50. The Balaban J connectivity index is 0.00000163. The number of rotatable bonds is 6. The molecule has 26 heavy (non-hydrogen) atoms. The highest BCUT2D eigenvalue weighted by Crippen LogP contribution is 2.29. The smallest absolute Gasteiger partial charge is 0.155 e. The van der Waals surface area contributed by atoms with E-state index in [-0.39, 0.29) is 0 Å². The lowest BCUT2D eigenvalue weighted by molar-refractivity contribution is 0.662. The first-order valence-electron chi connectivity index (χ1n) is 9.45. The van der Waals surface area contributed by atoms with Gasteiger partial charge in [0.05, 0.1) is 0 Å². The summed E-state index contributed by atoms with van der Waals surface area (Å²) in [5.41, 5.74) is 7.05. The van der Waals surface area contributed by atoms with Gasteiger partial charge in [-0.1, -0.05) is 58.1 Å². The highest BCUT2D eigenvalue weighted by atomic mass is 15.3. The number of hydrogen-bond acceptors (Lipinski definition) is 2. The van der Waals surface area contributed by atoms with Crippen LogP contribution in [0, 0.1) is 5.92 Å². The zero-order chi connectivity index (χ0) is 19.7. The Morgan fingerprint density at radius 1 is 1.23 bits per heavy atom. The number of nitrogens with zero attached hydrogens (tertiary/aromatic N) is 3. The fraction of sp³-hybridized carbons (Fsp3) is 0.391. The maximum atomic E-state index is 4.23. The zero-order valence-electron chi connectivity index (χ0n) is 17.4. The minimum atomic E-state index is 0.504. The SMILES string of the molecule is C=C(C)\C=C/C=C(/C(C)=C(/C)c1ccc2ncnn2c1)C(C)CC.CC. The second kappa shape index (κ2) is 10.5. The summed E-state index contributed by atoms with van der Waals surface area (Å²) < 4.78 is 1.82. The van der Waals surface area contributed by atoms with Crippen LogP contribution in [0.2, 0.25) is 0 Å². The molecule has 0 aromatic carbocycles. The van der Waals surface area contributed by atoms with Crippen molar-refractivity contribution in [1.82, 2.24) is 14.6 Å². The molecular weight excluding hydrogens is 318 g/mol. The van der Waals surface area contributed by atoms with Gasteiger partial charge < -0.3 is 0 Å². The largest absolute Gasteiger partial charge is 0.221 e. The molecule has 2 heterocycles. The minimum Gasteiger partial charge on any atom is -0.221 e. The fourth-order valence-electron chi connectivity index (χ4n) is 2.67. The summed E-state index contributed by atoms with van der Waals surface area (Å²) in [5.74, 6) is 0.504. The standard InChI is InChI=1S/C21H27N3.C2H6/c1-7-16(4)20(10-8-9-15(2)3)18(6)17(5)19-11-12-21-22-14-23-24(21)13-19;1-2/h8-14,16H,2,7H2,1,3-6H3;1-2H3/b9-8-,18-17-,20-10+;. The fourth-order valence-corrected chi connectivity index (χ4v) is 2.67. The quantitative estimate of drug-likeness (QED) is 0.545. The summed E-state index contributed by atoms with van der Waals surface area (Å²) in [6, 6.07) is 4.12. The van der Waals surface area contributed by atoms with Crippen LogP contribution in [-0.2, 0) is 0 Å². The van der Waals surface area contributed by atoms with Gasteiger partial charge in [0, 0.05) is 6.20 Å². The molecule has 140 valence electrons. The minimum absolute atomic E-state index is 0.504. The molecule has 0 aliphatic heterocycles. The van der Waals surface area contributed by atoms with Crippen LogP contribution >= 0.6 is 0 Å². The Morgan fingerprint density at radius 2 is 1.92 bits per heavy atom. The van der Waals surface area contributed by atoms with E-state index in [0.717, 1.165) is 17.6 Å². The van der Waals surface area contributed by atoms with Crippen molar-refractivity contribution in [2.24, 2.45) is 5.92 Å². The van der Waals surface area contributed by atoms with E-state index in [1.807, 2.05) is 43.6 Å². The van der Waals surface area contributed by atoms with Crippen molar-refractivity contribution in [2.75, 3.05) is 0 Å². The van der Waals surface area contributed by atoms with E-state index in [1.54, 1.807) is 6.33 Å². The summed E-state index contributed by atoms with van der Waals surface area (Å²) in [7, 11) is 0. The first-order chi connectivity index (χ1) is 12.4. The van der Waals surface area contributed by atoms with Gasteiger partial charge in [0.15, 0.2) is 5.65 Å². The summed E-state index contributed by atoms with van der Waals surface area (Å²) >= 11 is 0. The van der Waals surface area contributed by atoms with Crippen LogP contribution in [0.25, 0.3) is 11.2 Å². The van der Waals surface area contributed by atoms with E-state index >= 15 is 0 Å². The van der Waals surface area contributed by atoms with Crippen molar-refractivity contribution in [1.29, 1.82) is 0 Å². The van der Waals surface area contributed by atoms with Gasteiger partial charge in [0.25, 0.3) is 0 Å². The van der Waals surface area contributed by atoms with E-state index in [1.165, 1.54) is 22.3 Å². The summed E-state index contributed by atoms with van der Waals surface area (Å²) in [6.07, 6.45) is 11.1. The molecule has 0 aliphatic rings. The molecule has 0 spiro atoms. The van der Waals surface area contributed by atoms with E-state index < -0.39 is 0 Å². The second-order valence-electron chi connectivity index (χ2n) is 6.37. The van der Waals surface area contributed by atoms with Gasteiger partial charge in [0.2, 0.25) is 0 Å². The van der Waals surface area contributed by atoms with Gasteiger partial charge in [-0.05, 0) is 67.5 Å². The average Bonchev–Trinajstić information content (AvgIpc) is 3.12. The maximum Gasteiger partial charge on any atom is 0.155 e. The van der Waals surface area contributed by atoms with Gasteiger partial charge in [-0.3, -0.25) is 0 Å². The molecule has 0 radical (unpaired) electrons. The van der Waals surface area contributed by atoms with Crippen LogP contribution < -0.4 is 0 Å². The predicted octanol–water partition coefficient (Wildman–Crippen LogP) is 6.65. The molecule has 3 heteroatoms. The topological polar surface area (TPSA) is 30.2 Å². The average molecular weight is 352 g/mol. The Bertz CT molecular complexity index is 819. The van der Waals surface area contributed by atoms with Crippen LogP contribution in [-0.4, -0.2) is 14.6 Å². The van der Waals surface area contributed by atoms with Crippen LogP contribution in [0.15, 0.2) is 66.2 Å². The summed E-state index contributed by atoms with van der Waals surface area (Å²) in [4.78, 5) is 4.20. The molecule has 0 saturated carbocycles. The second-order valence-corrected chi connectivity index (χ2v) is 6.37. The van der Waals surface area contributed by atoms with Crippen molar-refractivity contribution < 1.29 is 0 Å². The van der Waals surface area contributed by atoms with Crippen molar-refractivity contribution in [2.45, 2.75) is 54.9 Å². The third-order valence-corrected chi connectivity index (χ3v) is 4.50. The lowest BCUT2D eigenvalue weighted by Crippen LogP contribution is -2.02. The highest BCUT2D eigenvalue weighted by Gasteiger charge is 2.12. The normalized spacial score (nSPS) is 14.0. The molecule has 1 unspecified atom stereocenters. The number of allylic oxidation sites excluding steroid dienone is 7. The monoisotopic (exact) mass is 351 g/mol. The van der Waals surface area contributed by atoms with Crippen molar-refractivity contribution in [3.05, 3.63) is 71.7 Å². The molecular formula is C23H33N3. The molecule has 2 rings (SSSR count). The summed E-state index contributed by atoms with van der Waals surface area (Å²) in [5, 5.41) is 4.23. The zero-order valence-corrected chi connectivity index (χ0v) is 17.4. The van der Waals surface area contributed by atoms with E-state index in [0.29, 0.717) is 5.92 Å². The van der Waals surface area contributed by atoms with Crippen molar-refractivity contribution in [3.8, 4) is 0 Å². The maximum absolute atomic E-state index is 4.23. The Labute approximate surface area is 158 Å². The van der Waals surface area contributed by atoms with Gasteiger partial charge in [-0.15, -0.1) is 0 Å². The number of hydrogen-bond donors (Lipinski definition) is 0. The predicted molar refractivity (Wildman–Crippen MR) is 114 cm³/mol. The Morgan fingerprint density at radius 3 is 2.54 bits per heavy atom. The highest BCUT2D eigenvalue weighted by molar-refractivity contribution is 5.71. The molecule has 1 atom stereocenters. The first kappa shape index (κ1) is 21.6. The van der Waals surface area contributed by atoms with Crippen LogP contribution in [0.1, 0.15) is 60.5 Å². The molecule has 2 aromatic rings. The lowest BCUT2D eigenvalue weighted by atomic mass is 9.88. The van der Waals surface area contributed by atoms with Crippen LogP contribution in [0.5, 0.6) is 0 Å². The lowest BCUT2D eigenvalue weighted by Gasteiger charge is -2.18. The molecule has 0 saturated heterocycles. The number of aromatic nitrogens is 3. The van der Waals surface area contributed by atoms with Crippen LogP contribution in [0.4, 0.5) is 0 Å². The first-order valence-corrected chi connectivity index (χ1v) is 9.45. The third kappa shape index (κ3) is 5.55. The van der Waals surface area contributed by atoms with E-state index in [2.05, 4.69) is 62.6 Å². The van der Waals surface area contributed by atoms with Crippen molar-refractivity contribution in [3.63, 3.8) is 0 Å². The van der Waals surface area contributed by atoms with Gasteiger partial charge in [-0.2, -0.15) is 5.10 Å². The van der Waals surface area contributed by atoms with Crippen LogP contribution in [0.3, 0.4) is 0 Å². The number of pyridine rings is 1. The van der Waals surface area contributed by atoms with Gasteiger partial charge >= 0.3 is 0 Å². The molecule has 2 aromatic heterocycles. The number of fused-ring (bicyclic) bond motifs is 1. The molecule has 0 amide bonds. The van der Waals surface area contributed by atoms with E-state index in [9.17, 15) is 0 Å². The molecule has 0 bridgehead atoms. The van der Waals surface area contributed by atoms with Crippen molar-refractivity contribution >= 4 is 11.2 Å². The molecule has 0 N–H and O–H groups in total. The molecule has 3 nitrogen and oxygen atoms in total. The van der Waals surface area contributed by atoms with E-state index in [4.69, 9.17) is 0 Å². The Kier molecular flexibility index (Phi) is 8.77. The Hall–Kier alpha value is -2.42. The van der Waals surface area contributed by atoms with Gasteiger partial charge in [-0.25, -0.2) is 9.50 Å². The summed E-state index contributed by atoms with van der Waals surface area (Å²) in [6.45, 7) is 18.8. The van der Waals surface area contributed by atoms with Gasteiger partial charge in [0.1, 0.15) is 6.33 Å². The molecule has 0 fully saturated rings. The molecule has 0 aliphatic carbocycles.